The summed E-state index contributed by atoms with van der Waals surface area (Å²) in [6.07, 6.45) is 0. The van der Waals surface area contributed by atoms with Gasteiger partial charge >= 0.3 is 5.97 Å². The molecular weight excluding hydrogens is 266 g/mol. The summed E-state index contributed by atoms with van der Waals surface area (Å²) in [5.41, 5.74) is 1.47. The molecule has 1 aromatic heterocycles. The van der Waals surface area contributed by atoms with Gasteiger partial charge in [-0.2, -0.15) is 0 Å². The molecule has 3 aromatic rings. The Morgan fingerprint density at radius 2 is 1.57 bits per heavy atom. The number of ketones is 1. The van der Waals surface area contributed by atoms with E-state index >= 15 is 0 Å². The van der Waals surface area contributed by atoms with E-state index in [4.69, 9.17) is 0 Å². The fraction of sp³-hybridized carbons (Fsp3) is 0.0588. The Morgan fingerprint density at radius 1 is 0.952 bits per heavy atom. The molecule has 0 unspecified atom stereocenters. The van der Waals surface area contributed by atoms with Crippen molar-refractivity contribution in [2.75, 3.05) is 0 Å². The average Bonchev–Trinajstić information content (AvgIpc) is 2.81. The molecular formula is C17H13NO3. The SMILES string of the molecule is Cn1c(C(=O)c2ccccc2)c(C(=O)O)c2ccccc21. The predicted molar refractivity (Wildman–Crippen MR) is 79.8 cm³/mol. The predicted octanol–water partition coefficient (Wildman–Crippen LogP) is 3.11. The van der Waals surface area contributed by atoms with E-state index in [0.29, 0.717) is 10.9 Å². The lowest BCUT2D eigenvalue weighted by molar-refractivity contribution is 0.0694. The van der Waals surface area contributed by atoms with E-state index in [1.807, 2.05) is 18.2 Å². The van der Waals surface area contributed by atoms with Crippen LogP contribution in [0.2, 0.25) is 0 Å². The number of rotatable bonds is 3. The van der Waals surface area contributed by atoms with Gasteiger partial charge in [0.05, 0.1) is 5.56 Å². The van der Waals surface area contributed by atoms with Crippen molar-refractivity contribution in [2.45, 2.75) is 0 Å². The Morgan fingerprint density at radius 3 is 2.24 bits per heavy atom. The van der Waals surface area contributed by atoms with Crippen LogP contribution >= 0.6 is 0 Å². The van der Waals surface area contributed by atoms with Crippen molar-refractivity contribution >= 4 is 22.7 Å². The third kappa shape index (κ3) is 2.01. The van der Waals surface area contributed by atoms with Crippen LogP contribution in [0.3, 0.4) is 0 Å². The molecule has 3 rings (SSSR count). The highest BCUT2D eigenvalue weighted by molar-refractivity contribution is 6.19. The van der Waals surface area contributed by atoms with Crippen LogP contribution in [0.15, 0.2) is 54.6 Å². The Balaban J connectivity index is 2.32. The first-order chi connectivity index (χ1) is 10.1. The number of hydrogen-bond acceptors (Lipinski definition) is 2. The standard InChI is InChI=1S/C17H13NO3/c1-18-13-10-6-5-9-12(13)14(17(20)21)15(18)16(19)11-7-3-2-4-8-11/h2-10H,1H3,(H,20,21). The second kappa shape index (κ2) is 4.90. The van der Waals surface area contributed by atoms with E-state index in [1.54, 1.807) is 48.0 Å². The summed E-state index contributed by atoms with van der Waals surface area (Å²) < 4.78 is 1.65. The lowest BCUT2D eigenvalue weighted by atomic mass is 10.0. The number of carboxylic acids is 1. The van der Waals surface area contributed by atoms with E-state index in [9.17, 15) is 14.7 Å². The number of benzene rings is 2. The quantitative estimate of drug-likeness (QED) is 0.749. The summed E-state index contributed by atoms with van der Waals surface area (Å²) in [6, 6.07) is 15.8. The summed E-state index contributed by atoms with van der Waals surface area (Å²) in [6.45, 7) is 0. The topological polar surface area (TPSA) is 59.3 Å². The minimum absolute atomic E-state index is 0.0574. The molecule has 0 saturated heterocycles. The lowest BCUT2D eigenvalue weighted by Crippen LogP contribution is -2.12. The molecule has 0 bridgehead atoms. The zero-order valence-electron chi connectivity index (χ0n) is 11.4. The van der Waals surface area contributed by atoms with Crippen LogP contribution in [0.25, 0.3) is 10.9 Å². The number of para-hydroxylation sites is 1. The molecule has 1 N–H and O–H groups in total. The van der Waals surface area contributed by atoms with Crippen molar-refractivity contribution < 1.29 is 14.7 Å². The zero-order chi connectivity index (χ0) is 15.0. The first-order valence-electron chi connectivity index (χ1n) is 6.51. The molecule has 4 heteroatoms. The number of fused-ring (bicyclic) bond motifs is 1. The molecule has 0 amide bonds. The van der Waals surface area contributed by atoms with E-state index < -0.39 is 5.97 Å². The number of hydrogen-bond donors (Lipinski definition) is 1. The highest BCUT2D eigenvalue weighted by atomic mass is 16.4. The van der Waals surface area contributed by atoms with E-state index in [2.05, 4.69) is 0 Å². The van der Waals surface area contributed by atoms with Gasteiger partial charge in [0.1, 0.15) is 5.69 Å². The highest BCUT2D eigenvalue weighted by Gasteiger charge is 2.25. The fourth-order valence-electron chi connectivity index (χ4n) is 2.60. The van der Waals surface area contributed by atoms with Gasteiger partial charge < -0.3 is 9.67 Å². The molecule has 0 aliphatic heterocycles. The van der Waals surface area contributed by atoms with Gasteiger partial charge in [0, 0.05) is 23.5 Å². The van der Waals surface area contributed by atoms with Crippen molar-refractivity contribution in [2.24, 2.45) is 7.05 Å². The lowest BCUT2D eigenvalue weighted by Gasteiger charge is -2.05. The number of aromatic carboxylic acids is 1. The molecule has 4 nitrogen and oxygen atoms in total. The van der Waals surface area contributed by atoms with Crippen LogP contribution in [-0.2, 0) is 7.05 Å². The van der Waals surface area contributed by atoms with Crippen LogP contribution in [0.4, 0.5) is 0 Å². The molecule has 2 aromatic carbocycles. The van der Waals surface area contributed by atoms with Gasteiger partial charge in [-0.05, 0) is 6.07 Å². The summed E-state index contributed by atoms with van der Waals surface area (Å²) in [7, 11) is 1.71. The Bertz CT molecular complexity index is 847. The monoisotopic (exact) mass is 279 g/mol. The molecule has 21 heavy (non-hydrogen) atoms. The van der Waals surface area contributed by atoms with Crippen LogP contribution in [0, 0.1) is 0 Å². The molecule has 0 spiro atoms. The molecule has 0 saturated carbocycles. The smallest absolute Gasteiger partial charge is 0.338 e. The first kappa shape index (κ1) is 13.1. The maximum Gasteiger partial charge on any atom is 0.338 e. The fourth-order valence-corrected chi connectivity index (χ4v) is 2.60. The molecule has 0 radical (unpaired) electrons. The Hall–Kier alpha value is -2.88. The highest BCUT2D eigenvalue weighted by Crippen LogP contribution is 2.27. The van der Waals surface area contributed by atoms with Crippen molar-refractivity contribution in [3.8, 4) is 0 Å². The number of aryl methyl sites for hydroxylation is 1. The number of carbonyl (C=O) groups is 2. The Labute approximate surface area is 121 Å². The van der Waals surface area contributed by atoms with Crippen LogP contribution in [-0.4, -0.2) is 21.4 Å². The van der Waals surface area contributed by atoms with E-state index in [0.717, 1.165) is 5.52 Å². The number of aromatic nitrogens is 1. The molecule has 1 heterocycles. The largest absolute Gasteiger partial charge is 0.478 e. The third-order valence-corrected chi connectivity index (χ3v) is 3.57. The zero-order valence-corrected chi connectivity index (χ0v) is 11.4. The second-order valence-electron chi connectivity index (χ2n) is 4.80. The van der Waals surface area contributed by atoms with Crippen LogP contribution < -0.4 is 0 Å². The normalized spacial score (nSPS) is 10.7. The number of carboxylic acid groups (broad SMARTS) is 1. The van der Waals surface area contributed by atoms with Crippen molar-refractivity contribution in [1.82, 2.24) is 4.57 Å². The average molecular weight is 279 g/mol. The summed E-state index contributed by atoms with van der Waals surface area (Å²) in [5.74, 6) is -1.38. The van der Waals surface area contributed by atoms with Gasteiger partial charge in [0.15, 0.2) is 0 Å². The minimum Gasteiger partial charge on any atom is -0.478 e. The Kier molecular flexibility index (Phi) is 3.06. The first-order valence-corrected chi connectivity index (χ1v) is 6.51. The van der Waals surface area contributed by atoms with Gasteiger partial charge in [-0.25, -0.2) is 4.79 Å². The number of nitrogens with zero attached hydrogens (tertiary/aromatic N) is 1. The maximum absolute atomic E-state index is 12.7. The maximum atomic E-state index is 12.7. The van der Waals surface area contributed by atoms with Gasteiger partial charge in [-0.15, -0.1) is 0 Å². The molecule has 104 valence electrons. The molecule has 0 fully saturated rings. The molecule has 0 aliphatic carbocycles. The summed E-state index contributed by atoms with van der Waals surface area (Å²) in [5, 5.41) is 10.1. The van der Waals surface area contributed by atoms with Crippen molar-refractivity contribution in [3.63, 3.8) is 0 Å². The van der Waals surface area contributed by atoms with Gasteiger partial charge in [-0.1, -0.05) is 48.5 Å². The second-order valence-corrected chi connectivity index (χ2v) is 4.80. The van der Waals surface area contributed by atoms with E-state index in [-0.39, 0.29) is 17.0 Å². The summed E-state index contributed by atoms with van der Waals surface area (Å²) >= 11 is 0. The van der Waals surface area contributed by atoms with Crippen molar-refractivity contribution in [3.05, 3.63) is 71.4 Å². The number of carbonyl (C=O) groups excluding carboxylic acids is 1. The van der Waals surface area contributed by atoms with Gasteiger partial charge in [-0.3, -0.25) is 4.79 Å². The third-order valence-electron chi connectivity index (χ3n) is 3.57. The van der Waals surface area contributed by atoms with Crippen molar-refractivity contribution in [1.29, 1.82) is 0 Å². The van der Waals surface area contributed by atoms with Gasteiger partial charge in [0.25, 0.3) is 0 Å². The van der Waals surface area contributed by atoms with Crippen LogP contribution in [0.5, 0.6) is 0 Å². The minimum atomic E-state index is -1.09. The van der Waals surface area contributed by atoms with Gasteiger partial charge in [0.2, 0.25) is 5.78 Å². The summed E-state index contributed by atoms with van der Waals surface area (Å²) in [4.78, 5) is 24.3. The van der Waals surface area contributed by atoms with Crippen LogP contribution in [0.1, 0.15) is 26.4 Å². The molecule has 0 atom stereocenters. The molecule has 0 aliphatic rings. The van der Waals surface area contributed by atoms with E-state index in [1.165, 1.54) is 0 Å².